The standard InChI is InChI=1S/C16H13Cl2NO3/c1-22-15-8-10(2-6-14(15)20)3-7-16(21)19-11-4-5-12(17)13(18)9-11/h2-9,20H,1H3,(H,19,21)/b7-3+. The molecule has 0 atom stereocenters. The highest BCUT2D eigenvalue weighted by Gasteiger charge is 2.03. The quantitative estimate of drug-likeness (QED) is 0.815. The first-order valence-corrected chi connectivity index (χ1v) is 7.06. The fourth-order valence-corrected chi connectivity index (χ4v) is 2.03. The summed E-state index contributed by atoms with van der Waals surface area (Å²) in [6, 6.07) is 9.62. The smallest absolute Gasteiger partial charge is 0.248 e. The summed E-state index contributed by atoms with van der Waals surface area (Å²) in [6.45, 7) is 0. The van der Waals surface area contributed by atoms with Crippen LogP contribution in [0.2, 0.25) is 10.0 Å². The van der Waals surface area contributed by atoms with Gasteiger partial charge in [-0.15, -0.1) is 0 Å². The Morgan fingerprint density at radius 2 is 1.95 bits per heavy atom. The number of benzene rings is 2. The summed E-state index contributed by atoms with van der Waals surface area (Å²) < 4.78 is 5.00. The summed E-state index contributed by atoms with van der Waals surface area (Å²) >= 11 is 11.7. The van der Waals surface area contributed by atoms with Crippen LogP contribution in [-0.4, -0.2) is 18.1 Å². The first-order chi connectivity index (χ1) is 10.5. The summed E-state index contributed by atoms with van der Waals surface area (Å²) in [5.41, 5.74) is 1.27. The van der Waals surface area contributed by atoms with Gasteiger partial charge in [0.15, 0.2) is 11.5 Å². The molecule has 0 aliphatic carbocycles. The highest BCUT2D eigenvalue weighted by Crippen LogP contribution is 2.27. The number of carbonyl (C=O) groups excluding carboxylic acids is 1. The van der Waals surface area contributed by atoms with Crippen LogP contribution in [0.3, 0.4) is 0 Å². The van der Waals surface area contributed by atoms with Gasteiger partial charge in [0.1, 0.15) is 0 Å². The van der Waals surface area contributed by atoms with E-state index in [0.717, 1.165) is 5.56 Å². The van der Waals surface area contributed by atoms with Crippen LogP contribution in [0.1, 0.15) is 5.56 Å². The van der Waals surface area contributed by atoms with Gasteiger partial charge in [-0.25, -0.2) is 0 Å². The van der Waals surface area contributed by atoms with Crippen LogP contribution in [0.5, 0.6) is 11.5 Å². The molecule has 0 saturated carbocycles. The normalized spacial score (nSPS) is 10.7. The number of carbonyl (C=O) groups is 1. The highest BCUT2D eigenvalue weighted by molar-refractivity contribution is 6.42. The Hall–Kier alpha value is -2.17. The van der Waals surface area contributed by atoms with Gasteiger partial charge >= 0.3 is 0 Å². The number of methoxy groups -OCH3 is 1. The van der Waals surface area contributed by atoms with Crippen molar-refractivity contribution in [2.75, 3.05) is 12.4 Å². The number of hydrogen-bond acceptors (Lipinski definition) is 3. The molecular formula is C16H13Cl2NO3. The first kappa shape index (κ1) is 16.2. The van der Waals surface area contributed by atoms with E-state index in [2.05, 4.69) is 5.32 Å². The van der Waals surface area contributed by atoms with Crippen molar-refractivity contribution >= 4 is 40.9 Å². The van der Waals surface area contributed by atoms with E-state index >= 15 is 0 Å². The molecule has 4 nitrogen and oxygen atoms in total. The van der Waals surface area contributed by atoms with E-state index in [0.29, 0.717) is 21.5 Å². The number of aromatic hydroxyl groups is 1. The zero-order valence-corrected chi connectivity index (χ0v) is 13.2. The minimum absolute atomic E-state index is 0.0416. The molecule has 0 bridgehead atoms. The minimum atomic E-state index is -0.314. The molecule has 1 amide bonds. The zero-order valence-electron chi connectivity index (χ0n) is 11.6. The van der Waals surface area contributed by atoms with Gasteiger partial charge in [0.25, 0.3) is 0 Å². The summed E-state index contributed by atoms with van der Waals surface area (Å²) in [6.07, 6.45) is 2.98. The average molecular weight is 338 g/mol. The third-order valence-corrected chi connectivity index (χ3v) is 3.56. The Bertz CT molecular complexity index is 729. The number of hydrogen-bond donors (Lipinski definition) is 2. The van der Waals surface area contributed by atoms with Gasteiger partial charge in [0.2, 0.25) is 5.91 Å². The molecule has 0 saturated heterocycles. The molecule has 0 aromatic heterocycles. The molecular weight excluding hydrogens is 325 g/mol. The Labute approximate surface area is 137 Å². The SMILES string of the molecule is COc1cc(/C=C/C(=O)Nc2ccc(Cl)c(Cl)c2)ccc1O. The predicted octanol–water partition coefficient (Wildman–Crippen LogP) is 4.36. The van der Waals surface area contributed by atoms with Gasteiger partial charge in [0, 0.05) is 11.8 Å². The molecule has 114 valence electrons. The Balaban J connectivity index is 2.06. The number of rotatable bonds is 4. The van der Waals surface area contributed by atoms with Crippen LogP contribution < -0.4 is 10.1 Å². The highest BCUT2D eigenvalue weighted by atomic mass is 35.5. The van der Waals surface area contributed by atoms with Gasteiger partial charge in [-0.2, -0.15) is 0 Å². The second kappa shape index (κ2) is 7.20. The topological polar surface area (TPSA) is 58.6 Å². The van der Waals surface area contributed by atoms with E-state index in [1.165, 1.54) is 19.3 Å². The van der Waals surface area contributed by atoms with Crippen LogP contribution >= 0.6 is 23.2 Å². The summed E-state index contributed by atoms with van der Waals surface area (Å²) in [7, 11) is 1.46. The van der Waals surface area contributed by atoms with Crippen molar-refractivity contribution in [1.82, 2.24) is 0 Å². The largest absolute Gasteiger partial charge is 0.504 e. The number of ether oxygens (including phenoxy) is 1. The van der Waals surface area contributed by atoms with Crippen LogP contribution in [0.25, 0.3) is 6.08 Å². The lowest BCUT2D eigenvalue weighted by atomic mass is 10.2. The maximum Gasteiger partial charge on any atom is 0.248 e. The molecule has 6 heteroatoms. The van der Waals surface area contributed by atoms with Gasteiger partial charge in [-0.1, -0.05) is 29.3 Å². The van der Waals surface area contributed by atoms with Crippen molar-refractivity contribution in [3.8, 4) is 11.5 Å². The van der Waals surface area contributed by atoms with Gasteiger partial charge in [-0.3, -0.25) is 4.79 Å². The van der Waals surface area contributed by atoms with Gasteiger partial charge < -0.3 is 15.2 Å². The number of nitrogens with one attached hydrogen (secondary N) is 1. The number of phenolic OH excluding ortho intramolecular Hbond substituents is 1. The maximum atomic E-state index is 11.8. The molecule has 0 aliphatic heterocycles. The summed E-state index contributed by atoms with van der Waals surface area (Å²) in [5, 5.41) is 13.0. The van der Waals surface area contributed by atoms with Crippen molar-refractivity contribution in [3.63, 3.8) is 0 Å². The molecule has 0 radical (unpaired) electrons. The summed E-state index contributed by atoms with van der Waals surface area (Å²) in [5.74, 6) is 0.0670. The fraction of sp³-hybridized carbons (Fsp3) is 0.0625. The number of anilines is 1. The Morgan fingerprint density at radius 1 is 1.18 bits per heavy atom. The third-order valence-electron chi connectivity index (χ3n) is 2.82. The van der Waals surface area contributed by atoms with Gasteiger partial charge in [-0.05, 0) is 42.0 Å². The first-order valence-electron chi connectivity index (χ1n) is 6.30. The predicted molar refractivity (Wildman–Crippen MR) is 88.8 cm³/mol. The van der Waals surface area contributed by atoms with Crippen molar-refractivity contribution in [2.45, 2.75) is 0 Å². The van der Waals surface area contributed by atoms with Crippen molar-refractivity contribution in [3.05, 3.63) is 58.1 Å². The molecule has 0 fully saturated rings. The van der Waals surface area contributed by atoms with Crippen LogP contribution in [0.15, 0.2) is 42.5 Å². The minimum Gasteiger partial charge on any atom is -0.504 e. The Kier molecular flexibility index (Phi) is 5.31. The fourth-order valence-electron chi connectivity index (χ4n) is 1.73. The molecule has 2 aromatic rings. The molecule has 2 rings (SSSR count). The summed E-state index contributed by atoms with van der Waals surface area (Å²) in [4.78, 5) is 11.8. The van der Waals surface area contributed by atoms with E-state index in [4.69, 9.17) is 27.9 Å². The number of phenols is 1. The van der Waals surface area contributed by atoms with E-state index in [1.54, 1.807) is 36.4 Å². The van der Waals surface area contributed by atoms with E-state index in [9.17, 15) is 9.90 Å². The second-order valence-electron chi connectivity index (χ2n) is 4.38. The third kappa shape index (κ3) is 4.16. The molecule has 0 unspecified atom stereocenters. The molecule has 0 heterocycles. The molecule has 22 heavy (non-hydrogen) atoms. The Morgan fingerprint density at radius 3 is 2.64 bits per heavy atom. The number of halogens is 2. The van der Waals surface area contributed by atoms with Gasteiger partial charge in [0.05, 0.1) is 17.2 Å². The lowest BCUT2D eigenvalue weighted by Crippen LogP contribution is -2.07. The molecule has 2 aromatic carbocycles. The van der Waals surface area contributed by atoms with Crippen LogP contribution in [-0.2, 0) is 4.79 Å². The van der Waals surface area contributed by atoms with E-state index in [1.807, 2.05) is 0 Å². The molecule has 0 aliphatic rings. The maximum absolute atomic E-state index is 11.8. The van der Waals surface area contributed by atoms with E-state index < -0.39 is 0 Å². The van der Waals surface area contributed by atoms with Crippen molar-refractivity contribution in [1.29, 1.82) is 0 Å². The lowest BCUT2D eigenvalue weighted by molar-refractivity contribution is -0.111. The molecule has 2 N–H and O–H groups in total. The van der Waals surface area contributed by atoms with Crippen molar-refractivity contribution in [2.24, 2.45) is 0 Å². The number of amides is 1. The van der Waals surface area contributed by atoms with Crippen LogP contribution in [0, 0.1) is 0 Å². The lowest BCUT2D eigenvalue weighted by Gasteiger charge is -2.05. The second-order valence-corrected chi connectivity index (χ2v) is 5.20. The molecule has 0 spiro atoms. The average Bonchev–Trinajstić information content (AvgIpc) is 2.50. The van der Waals surface area contributed by atoms with Crippen molar-refractivity contribution < 1.29 is 14.6 Å². The van der Waals surface area contributed by atoms with E-state index in [-0.39, 0.29) is 11.7 Å². The monoisotopic (exact) mass is 337 g/mol. The van der Waals surface area contributed by atoms with Crippen LogP contribution in [0.4, 0.5) is 5.69 Å². The zero-order chi connectivity index (χ0) is 16.1.